The normalized spacial score (nSPS) is 10.5. The Hall–Kier alpha value is -1.56. The molecule has 2 rings (SSSR count). The molecule has 0 saturated carbocycles. The van der Waals surface area contributed by atoms with Crippen molar-refractivity contribution in [3.63, 3.8) is 0 Å². The first-order valence-corrected chi connectivity index (χ1v) is 6.53. The Balaban J connectivity index is 2.53. The molecule has 2 aromatic rings. The molecule has 0 aliphatic rings. The molecule has 0 aromatic heterocycles. The monoisotopic (exact) mass is 224 g/mol. The lowest BCUT2D eigenvalue weighted by atomic mass is 9.91. The van der Waals surface area contributed by atoms with E-state index in [1.54, 1.807) is 0 Å². The minimum Gasteiger partial charge on any atom is -0.0651 e. The molecular weight excluding hydrogens is 204 g/mol. The molecule has 0 N–H and O–H groups in total. The van der Waals surface area contributed by atoms with Crippen LogP contribution in [0, 0.1) is 0 Å². The molecule has 0 aliphatic carbocycles. The van der Waals surface area contributed by atoms with Gasteiger partial charge in [-0.15, -0.1) is 0 Å². The molecular formula is C17H20. The van der Waals surface area contributed by atoms with Gasteiger partial charge in [0.15, 0.2) is 0 Å². The molecule has 0 aliphatic heterocycles. The quantitative estimate of drug-likeness (QED) is 0.695. The van der Waals surface area contributed by atoms with Crippen LogP contribution < -0.4 is 0 Å². The Morgan fingerprint density at radius 3 is 2.24 bits per heavy atom. The van der Waals surface area contributed by atoms with Gasteiger partial charge >= 0.3 is 0 Å². The number of rotatable bonds is 4. The minimum absolute atomic E-state index is 1.12. The number of hydrogen-bond acceptors (Lipinski definition) is 0. The van der Waals surface area contributed by atoms with Crippen molar-refractivity contribution in [2.24, 2.45) is 0 Å². The van der Waals surface area contributed by atoms with E-state index in [4.69, 9.17) is 0 Å². The van der Waals surface area contributed by atoms with Gasteiger partial charge in [-0.3, -0.25) is 0 Å². The van der Waals surface area contributed by atoms with E-state index in [1.165, 1.54) is 35.1 Å². The van der Waals surface area contributed by atoms with Gasteiger partial charge < -0.3 is 0 Å². The van der Waals surface area contributed by atoms with Gasteiger partial charge in [-0.25, -0.2) is 0 Å². The number of benzene rings is 2. The second-order valence-electron chi connectivity index (χ2n) is 4.41. The molecule has 88 valence electrons. The van der Waals surface area contributed by atoms with E-state index < -0.39 is 0 Å². The standard InChI is InChI=1S/C17H20/c1-3-9-16-14(4-2)12-8-13-17(16)15-10-6-5-7-11-15/h5-8,10-13H,3-4,9H2,1-2H3. The van der Waals surface area contributed by atoms with Crippen LogP contribution in [-0.2, 0) is 12.8 Å². The van der Waals surface area contributed by atoms with Crippen LogP contribution in [0.2, 0.25) is 0 Å². The van der Waals surface area contributed by atoms with E-state index >= 15 is 0 Å². The van der Waals surface area contributed by atoms with Gasteiger partial charge in [-0.2, -0.15) is 0 Å². The third-order valence-electron chi connectivity index (χ3n) is 3.24. The molecule has 0 amide bonds. The summed E-state index contributed by atoms with van der Waals surface area (Å²) in [6.45, 7) is 4.49. The molecule has 0 nitrogen and oxygen atoms in total. The topological polar surface area (TPSA) is 0 Å². The first kappa shape index (κ1) is 11.9. The zero-order chi connectivity index (χ0) is 12.1. The molecule has 0 spiro atoms. The van der Waals surface area contributed by atoms with Crippen molar-refractivity contribution in [2.45, 2.75) is 33.1 Å². The first-order valence-electron chi connectivity index (χ1n) is 6.53. The molecule has 0 saturated heterocycles. The van der Waals surface area contributed by atoms with E-state index in [1.807, 2.05) is 0 Å². The third-order valence-corrected chi connectivity index (χ3v) is 3.24. The fraction of sp³-hybridized carbons (Fsp3) is 0.294. The summed E-state index contributed by atoms with van der Waals surface area (Å²) in [5.74, 6) is 0. The number of hydrogen-bond donors (Lipinski definition) is 0. The van der Waals surface area contributed by atoms with Crippen LogP contribution in [0.1, 0.15) is 31.4 Å². The Labute approximate surface area is 104 Å². The Kier molecular flexibility index (Phi) is 3.98. The molecule has 0 unspecified atom stereocenters. The van der Waals surface area contributed by atoms with Gasteiger partial charge in [-0.1, -0.05) is 68.8 Å². The summed E-state index contributed by atoms with van der Waals surface area (Å²) in [7, 11) is 0. The fourth-order valence-corrected chi connectivity index (χ4v) is 2.40. The average Bonchev–Trinajstić information content (AvgIpc) is 2.40. The smallest absolute Gasteiger partial charge is 0.0149 e. The van der Waals surface area contributed by atoms with Crippen LogP contribution >= 0.6 is 0 Å². The van der Waals surface area contributed by atoms with Crippen molar-refractivity contribution in [1.29, 1.82) is 0 Å². The molecule has 0 heteroatoms. The van der Waals surface area contributed by atoms with Gasteiger partial charge in [-0.05, 0) is 35.1 Å². The Morgan fingerprint density at radius 2 is 1.59 bits per heavy atom. The van der Waals surface area contributed by atoms with Crippen LogP contribution in [0.15, 0.2) is 48.5 Å². The van der Waals surface area contributed by atoms with Gasteiger partial charge in [0.05, 0.1) is 0 Å². The van der Waals surface area contributed by atoms with Crippen molar-refractivity contribution >= 4 is 0 Å². The summed E-state index contributed by atoms with van der Waals surface area (Å²) >= 11 is 0. The summed E-state index contributed by atoms with van der Waals surface area (Å²) in [4.78, 5) is 0. The van der Waals surface area contributed by atoms with Crippen molar-refractivity contribution in [3.8, 4) is 11.1 Å². The summed E-state index contributed by atoms with van der Waals surface area (Å²) in [5, 5.41) is 0. The molecule has 0 heterocycles. The van der Waals surface area contributed by atoms with E-state index in [9.17, 15) is 0 Å². The SMILES string of the molecule is CCCc1c(CC)cccc1-c1ccccc1. The van der Waals surface area contributed by atoms with Crippen LogP contribution in [0.4, 0.5) is 0 Å². The fourth-order valence-electron chi connectivity index (χ4n) is 2.40. The summed E-state index contributed by atoms with van der Waals surface area (Å²) in [6, 6.07) is 17.4. The van der Waals surface area contributed by atoms with E-state index in [-0.39, 0.29) is 0 Å². The minimum atomic E-state index is 1.12. The highest BCUT2D eigenvalue weighted by atomic mass is 14.1. The summed E-state index contributed by atoms with van der Waals surface area (Å²) < 4.78 is 0. The molecule has 0 radical (unpaired) electrons. The first-order chi connectivity index (χ1) is 8.36. The maximum absolute atomic E-state index is 2.26. The maximum atomic E-state index is 2.26. The predicted octanol–water partition coefficient (Wildman–Crippen LogP) is 4.87. The largest absolute Gasteiger partial charge is 0.0651 e. The van der Waals surface area contributed by atoms with Crippen LogP contribution in [0.3, 0.4) is 0 Å². The zero-order valence-electron chi connectivity index (χ0n) is 10.7. The maximum Gasteiger partial charge on any atom is -0.0149 e. The highest BCUT2D eigenvalue weighted by molar-refractivity contribution is 5.68. The van der Waals surface area contributed by atoms with Gasteiger partial charge in [0.25, 0.3) is 0 Å². The van der Waals surface area contributed by atoms with Gasteiger partial charge in [0, 0.05) is 0 Å². The number of aryl methyl sites for hydroxylation is 1. The highest BCUT2D eigenvalue weighted by Gasteiger charge is 2.07. The van der Waals surface area contributed by atoms with Crippen molar-refractivity contribution in [1.82, 2.24) is 0 Å². The molecule has 17 heavy (non-hydrogen) atoms. The molecule has 0 bridgehead atoms. The van der Waals surface area contributed by atoms with Gasteiger partial charge in [0.1, 0.15) is 0 Å². The highest BCUT2D eigenvalue weighted by Crippen LogP contribution is 2.27. The molecule has 0 fully saturated rings. The molecule has 2 aromatic carbocycles. The zero-order valence-corrected chi connectivity index (χ0v) is 10.7. The van der Waals surface area contributed by atoms with Gasteiger partial charge in [0.2, 0.25) is 0 Å². The van der Waals surface area contributed by atoms with E-state index in [2.05, 4.69) is 62.4 Å². The van der Waals surface area contributed by atoms with Crippen LogP contribution in [0.25, 0.3) is 11.1 Å². The predicted molar refractivity (Wildman–Crippen MR) is 75.3 cm³/mol. The lowest BCUT2D eigenvalue weighted by Crippen LogP contribution is -1.96. The lowest BCUT2D eigenvalue weighted by Gasteiger charge is -2.13. The van der Waals surface area contributed by atoms with Crippen molar-refractivity contribution < 1.29 is 0 Å². The third kappa shape index (κ3) is 2.58. The van der Waals surface area contributed by atoms with Crippen molar-refractivity contribution in [2.75, 3.05) is 0 Å². The Bertz CT molecular complexity index is 469. The van der Waals surface area contributed by atoms with E-state index in [0.29, 0.717) is 0 Å². The van der Waals surface area contributed by atoms with E-state index in [0.717, 1.165) is 6.42 Å². The van der Waals surface area contributed by atoms with Crippen LogP contribution in [0.5, 0.6) is 0 Å². The average molecular weight is 224 g/mol. The van der Waals surface area contributed by atoms with Crippen LogP contribution in [-0.4, -0.2) is 0 Å². The summed E-state index contributed by atoms with van der Waals surface area (Å²) in [6.07, 6.45) is 3.50. The second-order valence-corrected chi connectivity index (χ2v) is 4.41. The lowest BCUT2D eigenvalue weighted by molar-refractivity contribution is 0.901. The summed E-state index contributed by atoms with van der Waals surface area (Å²) in [5.41, 5.74) is 5.77. The Morgan fingerprint density at radius 1 is 0.824 bits per heavy atom. The second kappa shape index (κ2) is 5.67. The van der Waals surface area contributed by atoms with Crippen molar-refractivity contribution in [3.05, 3.63) is 59.7 Å². The molecule has 0 atom stereocenters.